The third-order valence-corrected chi connectivity index (χ3v) is 2.51. The van der Waals surface area contributed by atoms with Crippen LogP contribution in [0.3, 0.4) is 0 Å². The second-order valence-corrected chi connectivity index (χ2v) is 4.56. The minimum Gasteiger partial charge on any atom is -0.292 e. The Bertz CT molecular complexity index is 287. The van der Waals surface area contributed by atoms with Crippen LogP contribution in [0.15, 0.2) is 11.2 Å². The molecule has 0 aliphatic carbocycles. The predicted octanol–water partition coefficient (Wildman–Crippen LogP) is 1.57. The van der Waals surface area contributed by atoms with Crippen molar-refractivity contribution >= 4 is 17.7 Å². The summed E-state index contributed by atoms with van der Waals surface area (Å²) >= 11 is 1.71. The van der Waals surface area contributed by atoms with Crippen molar-refractivity contribution in [2.24, 2.45) is 5.84 Å². The maximum absolute atomic E-state index is 5.22. The summed E-state index contributed by atoms with van der Waals surface area (Å²) in [7, 11) is 0. The molecule has 1 aromatic heterocycles. The van der Waals surface area contributed by atoms with E-state index in [-0.39, 0.29) is 0 Å². The minimum absolute atomic E-state index is 0.466. The van der Waals surface area contributed by atoms with E-state index >= 15 is 0 Å². The minimum atomic E-state index is 0.466. The molecule has 1 aromatic rings. The summed E-state index contributed by atoms with van der Waals surface area (Å²) in [5, 5.41) is 1.50. The molecule has 72 valence electrons. The lowest BCUT2D eigenvalue weighted by Crippen LogP contribution is -2.11. The highest BCUT2D eigenvalue weighted by Gasteiger charge is 2.05. The van der Waals surface area contributed by atoms with Gasteiger partial charge in [0, 0.05) is 11.4 Å². The van der Waals surface area contributed by atoms with E-state index in [9.17, 15) is 0 Å². The molecule has 5 heteroatoms. The van der Waals surface area contributed by atoms with E-state index in [4.69, 9.17) is 5.84 Å². The number of nitrogens with zero attached hydrogens (tertiary/aromatic N) is 2. The van der Waals surface area contributed by atoms with E-state index in [0.717, 1.165) is 10.6 Å². The van der Waals surface area contributed by atoms with Crippen molar-refractivity contribution in [1.82, 2.24) is 9.97 Å². The van der Waals surface area contributed by atoms with Crippen LogP contribution in [0, 0.1) is 6.92 Å². The SMILES string of the molecule is Cc1cnc(NN)nc1SC(C)C. The van der Waals surface area contributed by atoms with Gasteiger partial charge in [0.1, 0.15) is 5.03 Å². The lowest BCUT2D eigenvalue weighted by molar-refractivity contribution is 0.981. The van der Waals surface area contributed by atoms with Crippen molar-refractivity contribution < 1.29 is 0 Å². The largest absolute Gasteiger partial charge is 0.292 e. The monoisotopic (exact) mass is 198 g/mol. The molecule has 0 spiro atoms. The van der Waals surface area contributed by atoms with E-state index in [1.807, 2.05) is 6.92 Å². The fourth-order valence-electron chi connectivity index (χ4n) is 0.839. The molecular weight excluding hydrogens is 184 g/mol. The average molecular weight is 198 g/mol. The highest BCUT2D eigenvalue weighted by Crippen LogP contribution is 2.24. The van der Waals surface area contributed by atoms with Gasteiger partial charge >= 0.3 is 0 Å². The molecule has 0 bridgehead atoms. The van der Waals surface area contributed by atoms with Crippen LogP contribution in [0.2, 0.25) is 0 Å². The number of aromatic nitrogens is 2. The van der Waals surface area contributed by atoms with Crippen molar-refractivity contribution in [2.45, 2.75) is 31.0 Å². The van der Waals surface area contributed by atoms with Gasteiger partial charge in [-0.3, -0.25) is 5.43 Å². The van der Waals surface area contributed by atoms with Crippen LogP contribution in [0.4, 0.5) is 5.95 Å². The molecule has 0 aromatic carbocycles. The maximum Gasteiger partial charge on any atom is 0.238 e. The molecule has 0 radical (unpaired) electrons. The van der Waals surface area contributed by atoms with Crippen LogP contribution in [-0.4, -0.2) is 15.2 Å². The van der Waals surface area contributed by atoms with E-state index < -0.39 is 0 Å². The van der Waals surface area contributed by atoms with Gasteiger partial charge in [-0.25, -0.2) is 15.8 Å². The number of hydrogen-bond donors (Lipinski definition) is 2. The second-order valence-electron chi connectivity index (χ2n) is 2.99. The van der Waals surface area contributed by atoms with E-state index in [0.29, 0.717) is 11.2 Å². The highest BCUT2D eigenvalue weighted by molar-refractivity contribution is 7.99. The van der Waals surface area contributed by atoms with Crippen molar-refractivity contribution in [3.63, 3.8) is 0 Å². The predicted molar refractivity (Wildman–Crippen MR) is 55.6 cm³/mol. The molecule has 13 heavy (non-hydrogen) atoms. The van der Waals surface area contributed by atoms with E-state index in [1.165, 1.54) is 0 Å². The third-order valence-electron chi connectivity index (χ3n) is 1.40. The zero-order valence-electron chi connectivity index (χ0n) is 8.03. The zero-order chi connectivity index (χ0) is 9.84. The molecule has 0 aliphatic heterocycles. The molecule has 4 nitrogen and oxygen atoms in total. The van der Waals surface area contributed by atoms with Crippen molar-refractivity contribution in [3.05, 3.63) is 11.8 Å². The van der Waals surface area contributed by atoms with Crippen LogP contribution in [-0.2, 0) is 0 Å². The lowest BCUT2D eigenvalue weighted by atomic mass is 10.4. The Labute approximate surface area is 82.3 Å². The highest BCUT2D eigenvalue weighted by atomic mass is 32.2. The van der Waals surface area contributed by atoms with Crippen LogP contribution in [0.25, 0.3) is 0 Å². The van der Waals surface area contributed by atoms with E-state index in [1.54, 1.807) is 18.0 Å². The number of thioether (sulfide) groups is 1. The molecule has 0 fully saturated rings. The molecule has 0 unspecified atom stereocenters. The van der Waals surface area contributed by atoms with Gasteiger partial charge in [-0.2, -0.15) is 0 Å². The van der Waals surface area contributed by atoms with Crippen LogP contribution in [0.1, 0.15) is 19.4 Å². The van der Waals surface area contributed by atoms with Gasteiger partial charge in [0.05, 0.1) is 0 Å². The number of nitrogens with two attached hydrogens (primary N) is 1. The number of nitrogen functional groups attached to an aromatic ring is 1. The number of nitrogens with one attached hydrogen (secondary N) is 1. The van der Waals surface area contributed by atoms with Crippen molar-refractivity contribution in [1.29, 1.82) is 0 Å². The first-order chi connectivity index (χ1) is 6.13. The van der Waals surface area contributed by atoms with Crippen LogP contribution >= 0.6 is 11.8 Å². The Morgan fingerprint density at radius 2 is 2.23 bits per heavy atom. The molecule has 0 atom stereocenters. The number of aryl methyl sites for hydroxylation is 1. The summed E-state index contributed by atoms with van der Waals surface area (Å²) in [5.74, 6) is 5.68. The topological polar surface area (TPSA) is 63.8 Å². The molecule has 0 aliphatic rings. The van der Waals surface area contributed by atoms with Gasteiger partial charge in [0.15, 0.2) is 0 Å². The van der Waals surface area contributed by atoms with Crippen molar-refractivity contribution in [3.8, 4) is 0 Å². The smallest absolute Gasteiger partial charge is 0.238 e. The third kappa shape index (κ3) is 2.86. The number of hydrogen-bond acceptors (Lipinski definition) is 5. The van der Waals surface area contributed by atoms with Gasteiger partial charge in [0.2, 0.25) is 5.95 Å². The van der Waals surface area contributed by atoms with Gasteiger partial charge in [-0.05, 0) is 12.5 Å². The summed E-state index contributed by atoms with van der Waals surface area (Å²) in [5.41, 5.74) is 3.51. The quantitative estimate of drug-likeness (QED) is 0.334. The maximum atomic E-state index is 5.22. The van der Waals surface area contributed by atoms with E-state index in [2.05, 4.69) is 29.2 Å². The fraction of sp³-hybridized carbons (Fsp3) is 0.500. The average Bonchev–Trinajstić information content (AvgIpc) is 2.08. The first-order valence-corrected chi connectivity index (χ1v) is 4.98. The van der Waals surface area contributed by atoms with Gasteiger partial charge in [-0.1, -0.05) is 13.8 Å². The molecule has 0 saturated carbocycles. The fourth-order valence-corrected chi connectivity index (χ4v) is 1.66. The van der Waals surface area contributed by atoms with Crippen LogP contribution < -0.4 is 11.3 Å². The number of hydrazine groups is 1. The Hall–Kier alpha value is -0.810. The molecule has 3 N–H and O–H groups in total. The summed E-state index contributed by atoms with van der Waals surface area (Å²) < 4.78 is 0. The summed E-state index contributed by atoms with van der Waals surface area (Å²) in [6, 6.07) is 0. The van der Waals surface area contributed by atoms with Crippen molar-refractivity contribution in [2.75, 3.05) is 5.43 Å². The molecule has 1 heterocycles. The molecule has 1 rings (SSSR count). The van der Waals surface area contributed by atoms with Gasteiger partial charge < -0.3 is 0 Å². The molecular formula is C8H14N4S. The number of anilines is 1. The summed E-state index contributed by atoms with van der Waals surface area (Å²) in [6.45, 7) is 6.24. The second kappa shape index (κ2) is 4.43. The Morgan fingerprint density at radius 1 is 1.54 bits per heavy atom. The Morgan fingerprint density at radius 3 is 2.77 bits per heavy atom. The summed E-state index contributed by atoms with van der Waals surface area (Å²) in [6.07, 6.45) is 1.77. The van der Waals surface area contributed by atoms with Crippen LogP contribution in [0.5, 0.6) is 0 Å². The Balaban J connectivity index is 2.90. The first-order valence-electron chi connectivity index (χ1n) is 4.10. The first kappa shape index (κ1) is 10.3. The van der Waals surface area contributed by atoms with Gasteiger partial charge in [-0.15, -0.1) is 11.8 Å². The number of rotatable bonds is 3. The summed E-state index contributed by atoms with van der Waals surface area (Å²) in [4.78, 5) is 8.25. The zero-order valence-corrected chi connectivity index (χ0v) is 8.85. The Kier molecular flexibility index (Phi) is 3.50. The normalized spacial score (nSPS) is 10.5. The van der Waals surface area contributed by atoms with Gasteiger partial charge in [0.25, 0.3) is 0 Å². The molecule has 0 saturated heterocycles. The standard InChI is InChI=1S/C8H14N4S/c1-5(2)13-7-6(3)4-10-8(11-7)12-9/h4-5H,9H2,1-3H3,(H,10,11,12). The molecule has 0 amide bonds. The lowest BCUT2D eigenvalue weighted by Gasteiger charge is -2.07.